The molecule has 6 heteroatoms. The summed E-state index contributed by atoms with van der Waals surface area (Å²) in [4.78, 5) is 10.3. The molecule has 0 bridgehead atoms. The molecule has 0 aromatic heterocycles. The van der Waals surface area contributed by atoms with Crippen molar-refractivity contribution < 1.29 is 9.66 Å². The molecule has 0 aromatic rings. The summed E-state index contributed by atoms with van der Waals surface area (Å²) in [6.07, 6.45) is 3.74. The van der Waals surface area contributed by atoms with Gasteiger partial charge in [0.25, 0.3) is 5.70 Å². The first kappa shape index (κ1) is 11.3. The Balaban J connectivity index is 1.91. The van der Waals surface area contributed by atoms with Crippen molar-refractivity contribution in [2.24, 2.45) is 5.92 Å². The van der Waals surface area contributed by atoms with Gasteiger partial charge in [-0.05, 0) is 18.8 Å². The van der Waals surface area contributed by atoms with Crippen LogP contribution in [0.3, 0.4) is 0 Å². The zero-order valence-electron chi connectivity index (χ0n) is 9.46. The molecule has 16 heavy (non-hydrogen) atoms. The molecular formula is C10H17N3O3. The third-order valence-corrected chi connectivity index (χ3v) is 3.15. The average molecular weight is 227 g/mol. The average Bonchev–Trinajstić information content (AvgIpc) is 2.62. The highest BCUT2D eigenvalue weighted by Crippen LogP contribution is 2.20. The molecule has 0 spiro atoms. The van der Waals surface area contributed by atoms with Crippen LogP contribution in [0.25, 0.3) is 0 Å². The summed E-state index contributed by atoms with van der Waals surface area (Å²) >= 11 is 0. The number of rotatable bonds is 3. The molecule has 2 heterocycles. The lowest BCUT2D eigenvalue weighted by Crippen LogP contribution is -2.37. The molecule has 0 aromatic carbocycles. The van der Waals surface area contributed by atoms with Crippen molar-refractivity contribution in [3.63, 3.8) is 0 Å². The zero-order valence-corrected chi connectivity index (χ0v) is 9.46. The third kappa shape index (κ3) is 2.51. The summed E-state index contributed by atoms with van der Waals surface area (Å²) in [7, 11) is 1.88. The molecule has 0 saturated carbocycles. The molecule has 90 valence electrons. The van der Waals surface area contributed by atoms with Gasteiger partial charge in [-0.25, -0.2) is 5.01 Å². The van der Waals surface area contributed by atoms with Gasteiger partial charge in [-0.15, -0.1) is 0 Å². The van der Waals surface area contributed by atoms with Crippen molar-refractivity contribution in [3.8, 4) is 0 Å². The van der Waals surface area contributed by atoms with Crippen molar-refractivity contribution in [2.45, 2.75) is 12.8 Å². The van der Waals surface area contributed by atoms with Crippen molar-refractivity contribution in [2.75, 3.05) is 33.4 Å². The van der Waals surface area contributed by atoms with Gasteiger partial charge < -0.3 is 9.75 Å². The van der Waals surface area contributed by atoms with E-state index in [2.05, 4.69) is 0 Å². The van der Waals surface area contributed by atoms with E-state index in [0.29, 0.717) is 12.5 Å². The fraction of sp³-hybridized carbons (Fsp3) is 0.800. The molecule has 0 amide bonds. The van der Waals surface area contributed by atoms with Crippen LogP contribution < -0.4 is 0 Å². The molecule has 2 rings (SSSR count). The Morgan fingerprint density at radius 2 is 2.25 bits per heavy atom. The molecule has 2 aliphatic rings. The first-order chi connectivity index (χ1) is 7.66. The van der Waals surface area contributed by atoms with Crippen LogP contribution in [0.4, 0.5) is 0 Å². The smallest absolute Gasteiger partial charge is 0.279 e. The monoisotopic (exact) mass is 227 g/mol. The van der Waals surface area contributed by atoms with E-state index in [9.17, 15) is 10.1 Å². The van der Waals surface area contributed by atoms with Crippen LogP contribution in [0.5, 0.6) is 0 Å². The van der Waals surface area contributed by atoms with E-state index in [1.165, 1.54) is 0 Å². The van der Waals surface area contributed by atoms with Crippen molar-refractivity contribution >= 4 is 0 Å². The minimum absolute atomic E-state index is 0.273. The lowest BCUT2D eigenvalue weighted by molar-refractivity contribution is -0.426. The lowest BCUT2D eigenvalue weighted by atomic mass is 10.0. The topological polar surface area (TPSA) is 58.8 Å². The van der Waals surface area contributed by atoms with E-state index in [1.54, 1.807) is 6.20 Å². The summed E-state index contributed by atoms with van der Waals surface area (Å²) in [6.45, 7) is 2.88. The number of hydrogen-bond acceptors (Lipinski definition) is 5. The van der Waals surface area contributed by atoms with E-state index in [0.717, 1.165) is 32.6 Å². The number of hydrogen-bond donors (Lipinski definition) is 0. The largest absolute Gasteiger partial charge is 0.381 e. The molecule has 0 radical (unpaired) electrons. The molecule has 6 nitrogen and oxygen atoms in total. The number of nitrogens with zero attached hydrogens (tertiary/aromatic N) is 3. The van der Waals surface area contributed by atoms with Crippen LogP contribution in [0.15, 0.2) is 11.9 Å². The normalized spacial score (nSPS) is 23.6. The van der Waals surface area contributed by atoms with Gasteiger partial charge in [0.05, 0.1) is 11.1 Å². The second kappa shape index (κ2) is 4.80. The van der Waals surface area contributed by atoms with Crippen LogP contribution in [-0.4, -0.2) is 48.3 Å². The minimum atomic E-state index is -0.305. The Kier molecular flexibility index (Phi) is 3.40. The quantitative estimate of drug-likeness (QED) is 0.524. The molecule has 1 saturated heterocycles. The van der Waals surface area contributed by atoms with Gasteiger partial charge in [-0.3, -0.25) is 10.1 Å². The van der Waals surface area contributed by atoms with Crippen LogP contribution in [-0.2, 0) is 4.74 Å². The number of hydrazine groups is 1. The molecule has 0 atom stereocenters. The van der Waals surface area contributed by atoms with Crippen molar-refractivity contribution in [3.05, 3.63) is 22.0 Å². The highest BCUT2D eigenvalue weighted by atomic mass is 16.6. The maximum atomic E-state index is 10.6. The number of likely N-dealkylation sites (N-methyl/N-ethyl adjacent to an activating group) is 1. The van der Waals surface area contributed by atoms with Gasteiger partial charge in [0, 0.05) is 26.8 Å². The van der Waals surface area contributed by atoms with E-state index in [-0.39, 0.29) is 10.6 Å². The Hall–Kier alpha value is -1.14. The second-order valence-electron chi connectivity index (χ2n) is 4.37. The first-order valence-corrected chi connectivity index (χ1v) is 5.57. The van der Waals surface area contributed by atoms with Crippen LogP contribution in [0.2, 0.25) is 0 Å². The highest BCUT2D eigenvalue weighted by Gasteiger charge is 2.28. The molecule has 0 aliphatic carbocycles. The standard InChI is InChI=1S/C10H17N3O3/c1-11-7-10(13(14)15)8-12(11)6-9-2-4-16-5-3-9/h8-9H,2-7H2,1H3. The van der Waals surface area contributed by atoms with Gasteiger partial charge in [-0.1, -0.05) is 0 Å². The SMILES string of the molecule is CN1CC([N+](=O)[O-])=CN1CC1CCOCC1. The molecule has 2 aliphatic heterocycles. The van der Waals surface area contributed by atoms with Gasteiger partial charge in [0.1, 0.15) is 6.54 Å². The third-order valence-electron chi connectivity index (χ3n) is 3.15. The van der Waals surface area contributed by atoms with E-state index < -0.39 is 0 Å². The van der Waals surface area contributed by atoms with E-state index in [4.69, 9.17) is 4.74 Å². The van der Waals surface area contributed by atoms with Crippen LogP contribution in [0, 0.1) is 16.0 Å². The number of nitro groups is 1. The fourth-order valence-electron chi connectivity index (χ4n) is 2.13. The summed E-state index contributed by atoms with van der Waals surface area (Å²) in [5.41, 5.74) is 0.273. The summed E-state index contributed by atoms with van der Waals surface area (Å²) in [5.74, 6) is 0.582. The molecular weight excluding hydrogens is 210 g/mol. The summed E-state index contributed by atoms with van der Waals surface area (Å²) < 4.78 is 5.29. The molecule has 0 N–H and O–H groups in total. The van der Waals surface area contributed by atoms with Gasteiger partial charge in [0.15, 0.2) is 0 Å². The zero-order chi connectivity index (χ0) is 11.5. The second-order valence-corrected chi connectivity index (χ2v) is 4.37. The van der Waals surface area contributed by atoms with Crippen molar-refractivity contribution in [1.29, 1.82) is 0 Å². The Labute approximate surface area is 94.6 Å². The summed E-state index contributed by atoms with van der Waals surface area (Å²) in [6, 6.07) is 0. The Morgan fingerprint density at radius 3 is 2.81 bits per heavy atom. The molecule has 1 fully saturated rings. The van der Waals surface area contributed by atoms with Gasteiger partial charge in [0.2, 0.25) is 0 Å². The number of ether oxygens (including phenoxy) is 1. The fourth-order valence-corrected chi connectivity index (χ4v) is 2.13. The maximum absolute atomic E-state index is 10.6. The van der Waals surface area contributed by atoms with Gasteiger partial charge >= 0.3 is 0 Å². The maximum Gasteiger partial charge on any atom is 0.279 e. The lowest BCUT2D eigenvalue weighted by Gasteiger charge is -2.30. The molecule has 0 unspecified atom stereocenters. The van der Waals surface area contributed by atoms with Crippen LogP contribution >= 0.6 is 0 Å². The van der Waals surface area contributed by atoms with Crippen molar-refractivity contribution in [1.82, 2.24) is 10.0 Å². The summed E-state index contributed by atoms with van der Waals surface area (Å²) in [5, 5.41) is 14.5. The predicted molar refractivity (Wildman–Crippen MR) is 58.0 cm³/mol. The predicted octanol–water partition coefficient (Wildman–Crippen LogP) is 0.693. The van der Waals surface area contributed by atoms with E-state index >= 15 is 0 Å². The minimum Gasteiger partial charge on any atom is -0.381 e. The van der Waals surface area contributed by atoms with E-state index in [1.807, 2.05) is 17.1 Å². The Morgan fingerprint density at radius 1 is 1.56 bits per heavy atom. The highest BCUT2D eigenvalue weighted by molar-refractivity contribution is 4.99. The Bertz CT molecular complexity index is 300. The van der Waals surface area contributed by atoms with Crippen LogP contribution in [0.1, 0.15) is 12.8 Å². The first-order valence-electron chi connectivity index (χ1n) is 5.57. The van der Waals surface area contributed by atoms with Gasteiger partial charge in [-0.2, -0.15) is 0 Å².